The van der Waals surface area contributed by atoms with Crippen LogP contribution in [0.2, 0.25) is 0 Å². The maximum Gasteiger partial charge on any atom is 0.292 e. The fourth-order valence-electron chi connectivity index (χ4n) is 2.37. The molecule has 2 heterocycles. The number of hydrogen-bond acceptors (Lipinski definition) is 3. The largest absolute Gasteiger partial charge is 0.358 e. The molecule has 1 aromatic carbocycles. The lowest BCUT2D eigenvalue weighted by molar-refractivity contribution is -0.117. The number of carbonyl (C=O) groups excluding carboxylic acids is 2. The van der Waals surface area contributed by atoms with Crippen molar-refractivity contribution in [3.63, 3.8) is 0 Å². The van der Waals surface area contributed by atoms with Crippen LogP contribution < -0.4 is 5.32 Å². The van der Waals surface area contributed by atoms with Gasteiger partial charge in [0.15, 0.2) is 0 Å². The van der Waals surface area contributed by atoms with Crippen LogP contribution in [0.25, 0.3) is 10.9 Å². The second-order valence-corrected chi connectivity index (χ2v) is 6.73. The normalized spacial score (nSPS) is 10.8. The maximum absolute atomic E-state index is 12.4. The molecule has 0 aliphatic heterocycles. The van der Waals surface area contributed by atoms with E-state index in [1.165, 1.54) is 11.3 Å². The second-order valence-electron chi connectivity index (χ2n) is 4.87. The highest BCUT2D eigenvalue weighted by atomic mass is 79.9. The van der Waals surface area contributed by atoms with E-state index in [1.54, 1.807) is 6.92 Å². The number of para-hydroxylation sites is 1. The van der Waals surface area contributed by atoms with Crippen molar-refractivity contribution < 1.29 is 9.59 Å². The van der Waals surface area contributed by atoms with Crippen LogP contribution in [-0.4, -0.2) is 16.7 Å². The molecule has 0 spiro atoms. The summed E-state index contributed by atoms with van der Waals surface area (Å²) in [6.45, 7) is 2.14. The minimum atomic E-state index is -0.590. The predicted octanol–water partition coefficient (Wildman–Crippen LogP) is 3.80. The lowest BCUT2D eigenvalue weighted by Crippen LogP contribution is -2.30. The molecule has 0 saturated carbocycles. The Morgan fingerprint density at radius 2 is 2.05 bits per heavy atom. The topological polar surface area (TPSA) is 62.0 Å². The van der Waals surface area contributed by atoms with E-state index in [2.05, 4.69) is 26.2 Å². The van der Waals surface area contributed by atoms with Crippen molar-refractivity contribution in [2.45, 2.75) is 13.5 Å². The van der Waals surface area contributed by atoms with Gasteiger partial charge in [0.1, 0.15) is 0 Å². The monoisotopic (exact) mass is 376 g/mol. The SMILES string of the molecule is Cc1[nH]c2ccccc2c1C(=O)C(=O)NCc1sccc1Br. The first-order chi connectivity index (χ1) is 10.6. The lowest BCUT2D eigenvalue weighted by Gasteiger charge is -2.04. The number of aryl methyl sites for hydroxylation is 1. The maximum atomic E-state index is 12.4. The third kappa shape index (κ3) is 2.71. The molecule has 0 fully saturated rings. The molecular formula is C16H13BrN2O2S. The first kappa shape index (κ1) is 15.0. The minimum absolute atomic E-state index is 0.338. The highest BCUT2D eigenvalue weighted by Crippen LogP contribution is 2.24. The Morgan fingerprint density at radius 3 is 2.77 bits per heavy atom. The van der Waals surface area contributed by atoms with E-state index in [0.717, 1.165) is 20.3 Å². The zero-order valence-corrected chi connectivity index (χ0v) is 14.2. The van der Waals surface area contributed by atoms with Crippen LogP contribution in [0.3, 0.4) is 0 Å². The third-order valence-corrected chi connectivity index (χ3v) is 5.35. The predicted molar refractivity (Wildman–Crippen MR) is 91.2 cm³/mol. The lowest BCUT2D eigenvalue weighted by atomic mass is 10.1. The number of fused-ring (bicyclic) bond motifs is 1. The number of thiophene rings is 1. The first-order valence-electron chi connectivity index (χ1n) is 6.69. The summed E-state index contributed by atoms with van der Waals surface area (Å²) in [6.07, 6.45) is 0. The van der Waals surface area contributed by atoms with E-state index in [1.807, 2.05) is 35.7 Å². The molecule has 2 N–H and O–H groups in total. The Morgan fingerprint density at radius 1 is 1.27 bits per heavy atom. The number of Topliss-reactive ketones (excluding diaryl/α,β-unsaturated/α-hetero) is 1. The Hall–Kier alpha value is -1.92. The van der Waals surface area contributed by atoms with Gasteiger partial charge in [-0.3, -0.25) is 9.59 Å². The van der Waals surface area contributed by atoms with Crippen LogP contribution in [0.1, 0.15) is 20.9 Å². The number of carbonyl (C=O) groups is 2. The van der Waals surface area contributed by atoms with E-state index in [4.69, 9.17) is 0 Å². The van der Waals surface area contributed by atoms with Gasteiger partial charge in [-0.25, -0.2) is 0 Å². The molecule has 0 atom stereocenters. The fourth-order valence-corrected chi connectivity index (χ4v) is 3.81. The van der Waals surface area contributed by atoms with Gasteiger partial charge >= 0.3 is 0 Å². The van der Waals surface area contributed by atoms with E-state index in [9.17, 15) is 9.59 Å². The first-order valence-corrected chi connectivity index (χ1v) is 8.37. The van der Waals surface area contributed by atoms with Gasteiger partial charge in [-0.05, 0) is 40.4 Å². The average Bonchev–Trinajstić information content (AvgIpc) is 3.06. The summed E-state index contributed by atoms with van der Waals surface area (Å²) < 4.78 is 0.938. The number of aromatic nitrogens is 1. The molecule has 0 aliphatic carbocycles. The Labute approximate surface area is 139 Å². The molecule has 0 unspecified atom stereocenters. The van der Waals surface area contributed by atoms with Crippen LogP contribution in [0.15, 0.2) is 40.2 Å². The molecule has 3 rings (SSSR count). The van der Waals surface area contributed by atoms with Crippen molar-refractivity contribution in [2.24, 2.45) is 0 Å². The molecule has 4 nitrogen and oxygen atoms in total. The zero-order chi connectivity index (χ0) is 15.7. The highest BCUT2D eigenvalue weighted by Gasteiger charge is 2.22. The molecule has 22 heavy (non-hydrogen) atoms. The van der Waals surface area contributed by atoms with Gasteiger partial charge < -0.3 is 10.3 Å². The molecule has 2 aromatic heterocycles. The molecule has 0 radical (unpaired) electrons. The number of amides is 1. The molecule has 1 amide bonds. The Bertz CT molecular complexity index is 866. The minimum Gasteiger partial charge on any atom is -0.358 e. The van der Waals surface area contributed by atoms with Crippen LogP contribution in [-0.2, 0) is 11.3 Å². The van der Waals surface area contributed by atoms with Crippen molar-refractivity contribution in [1.29, 1.82) is 0 Å². The second kappa shape index (κ2) is 6.06. The quantitative estimate of drug-likeness (QED) is 0.537. The molecule has 0 aliphatic rings. The highest BCUT2D eigenvalue weighted by molar-refractivity contribution is 9.10. The third-order valence-electron chi connectivity index (χ3n) is 3.43. The van der Waals surface area contributed by atoms with Crippen LogP contribution in [0.5, 0.6) is 0 Å². The average molecular weight is 377 g/mol. The number of halogens is 1. The van der Waals surface area contributed by atoms with Crippen LogP contribution in [0, 0.1) is 6.92 Å². The standard InChI is InChI=1S/C16H13BrN2O2S/c1-9-14(10-4-2-3-5-12(10)19-9)15(20)16(21)18-8-13-11(17)6-7-22-13/h2-7,19H,8H2,1H3,(H,18,21). The van der Waals surface area contributed by atoms with Crippen molar-refractivity contribution in [1.82, 2.24) is 10.3 Å². The summed E-state index contributed by atoms with van der Waals surface area (Å²) in [5.74, 6) is -1.10. The number of H-pyrrole nitrogens is 1. The molecule has 0 bridgehead atoms. The van der Waals surface area contributed by atoms with Crippen molar-refractivity contribution >= 4 is 49.9 Å². The fraction of sp³-hybridized carbons (Fsp3) is 0.125. The van der Waals surface area contributed by atoms with Gasteiger partial charge in [-0.2, -0.15) is 0 Å². The van der Waals surface area contributed by atoms with E-state index >= 15 is 0 Å². The van der Waals surface area contributed by atoms with Crippen LogP contribution in [0.4, 0.5) is 0 Å². The zero-order valence-electron chi connectivity index (χ0n) is 11.8. The number of aromatic amines is 1. The van der Waals surface area contributed by atoms with Crippen molar-refractivity contribution in [3.05, 3.63) is 56.3 Å². The van der Waals surface area contributed by atoms with Gasteiger partial charge in [0.25, 0.3) is 11.7 Å². The number of hydrogen-bond donors (Lipinski definition) is 2. The van der Waals surface area contributed by atoms with Gasteiger partial charge in [-0.1, -0.05) is 18.2 Å². The van der Waals surface area contributed by atoms with Gasteiger partial charge in [0.2, 0.25) is 0 Å². The molecule has 0 saturated heterocycles. The van der Waals surface area contributed by atoms with Gasteiger partial charge in [0.05, 0.1) is 12.1 Å². The Balaban J connectivity index is 1.82. The van der Waals surface area contributed by atoms with E-state index in [-0.39, 0.29) is 0 Å². The van der Waals surface area contributed by atoms with Crippen molar-refractivity contribution in [3.8, 4) is 0 Å². The molecule has 6 heteroatoms. The number of rotatable bonds is 4. The summed E-state index contributed by atoms with van der Waals surface area (Å²) in [7, 11) is 0. The molecule has 112 valence electrons. The number of ketones is 1. The van der Waals surface area contributed by atoms with E-state index in [0.29, 0.717) is 17.8 Å². The number of nitrogens with one attached hydrogen (secondary N) is 2. The summed E-state index contributed by atoms with van der Waals surface area (Å²) in [6, 6.07) is 9.39. The summed E-state index contributed by atoms with van der Waals surface area (Å²) >= 11 is 4.93. The van der Waals surface area contributed by atoms with Crippen LogP contribution >= 0.6 is 27.3 Å². The van der Waals surface area contributed by atoms with E-state index < -0.39 is 11.7 Å². The number of benzene rings is 1. The van der Waals surface area contributed by atoms with Gasteiger partial charge in [0, 0.05) is 25.9 Å². The van der Waals surface area contributed by atoms with Gasteiger partial charge in [-0.15, -0.1) is 11.3 Å². The van der Waals surface area contributed by atoms with Crippen molar-refractivity contribution in [2.75, 3.05) is 0 Å². The molecular weight excluding hydrogens is 364 g/mol. The summed E-state index contributed by atoms with van der Waals surface area (Å²) in [5, 5.41) is 5.39. The summed E-state index contributed by atoms with van der Waals surface area (Å²) in [4.78, 5) is 28.7. The summed E-state index contributed by atoms with van der Waals surface area (Å²) in [5.41, 5.74) is 2.01. The smallest absolute Gasteiger partial charge is 0.292 e. The Kier molecular flexibility index (Phi) is 4.13. The molecule has 3 aromatic rings.